The summed E-state index contributed by atoms with van der Waals surface area (Å²) >= 11 is -1.15. The predicted molar refractivity (Wildman–Crippen MR) is 612 cm³/mol. The van der Waals surface area contributed by atoms with Crippen molar-refractivity contribution in [2.45, 2.75) is 0 Å². The first-order chi connectivity index (χ1) is 83.1. The van der Waals surface area contributed by atoms with E-state index in [1.54, 1.807) is 0 Å². The molecule has 0 saturated heterocycles. The molecule has 145 heavy (non-hydrogen) atoms. The molecule has 0 atom stereocenters. The van der Waals surface area contributed by atoms with Crippen molar-refractivity contribution in [3.63, 3.8) is 0 Å². The quantitative estimate of drug-likeness (QED) is 0.0932. The van der Waals surface area contributed by atoms with Crippen LogP contribution in [0.3, 0.4) is 0 Å². The Balaban J connectivity index is 0.000000124. The number of benzene rings is 24. The van der Waals surface area contributed by atoms with Crippen LogP contribution >= 0.6 is 0 Å². The Kier molecular flexibility index (Phi) is 15.4. The third kappa shape index (κ3) is 15.3. The summed E-state index contributed by atoms with van der Waals surface area (Å²) in [5.41, 5.74) is 11.0. The van der Waals surface area contributed by atoms with Gasteiger partial charge in [0.1, 0.15) is 0 Å². The Morgan fingerprint density at radius 1 is 0.159 bits per heavy atom. The molecular formula is C134H80N8Se3. The Hall–Kier alpha value is -17.5. The molecular weight excluding hydrogens is 1960 g/mol. The third-order valence-corrected chi connectivity index (χ3v) is 34.1. The SMILES string of the molecule is [2H]c1c([2H])c([2H])c(-c2nc(-c3c([2H])c([2H])c([2H])c([2H])c3[2H])nc(-c3c([2H])c([2H])c4c([se]c5c(-c6c([2H])c([2H])c7c([2H])c([2H])c8c9c([2H])c([2H])c([2H])c([2H])c9c([2H])c([2H])c8c7c6[2H])c([2H])c([2H])c([2H])c54)c3[2H])n2)c([2H])c1[2H].c1ccc(-c2ccc(-c3nc(-c4cccc5c4ccc4c6ccccc6ccc54)nc(-c4cccc5c4[se]c4ccccc45)n3)cc2)cc1.c1ccc(-c2cccc3c2[se]c2c(-c4nc5ccccc5nc4-c4ccc5c(ccc6c7ccccc7ccc56)c4)cccc23)cc1. The second kappa shape index (κ2) is 35.9. The molecule has 6 heterocycles. The van der Waals surface area contributed by atoms with Gasteiger partial charge >= 0.3 is 853 Å². The normalized spacial score (nSPS) is 14.3. The van der Waals surface area contributed by atoms with Gasteiger partial charge in [-0.1, -0.05) is 42.5 Å². The van der Waals surface area contributed by atoms with Gasteiger partial charge in [-0.2, -0.15) is 0 Å². The molecule has 30 aromatic rings. The summed E-state index contributed by atoms with van der Waals surface area (Å²) in [4.78, 5) is 39.2. The molecule has 11 heteroatoms. The average molecular weight is 2070 g/mol. The summed E-state index contributed by atoms with van der Waals surface area (Å²) in [6.07, 6.45) is 0. The fourth-order valence-electron chi connectivity index (χ4n) is 19.7. The van der Waals surface area contributed by atoms with E-state index >= 15 is 0 Å². The Morgan fingerprint density at radius 2 is 0.586 bits per heavy atom. The molecule has 0 aliphatic carbocycles. The van der Waals surface area contributed by atoms with Crippen molar-refractivity contribution in [2.24, 2.45) is 0 Å². The molecule has 0 N–H and O–H groups in total. The van der Waals surface area contributed by atoms with Gasteiger partial charge in [-0.3, -0.25) is 0 Å². The van der Waals surface area contributed by atoms with Gasteiger partial charge in [0.25, 0.3) is 0 Å². The summed E-state index contributed by atoms with van der Waals surface area (Å²) in [6.45, 7) is 0. The van der Waals surface area contributed by atoms with E-state index in [1.807, 2.05) is 18.2 Å². The number of rotatable bonds is 11. The Bertz CT molecular complexity index is 12200. The maximum absolute atomic E-state index is 9.76. The Labute approximate surface area is 889 Å². The molecule has 0 spiro atoms. The minimum atomic E-state index is -1.43. The number of aromatic nitrogens is 8. The van der Waals surface area contributed by atoms with Gasteiger partial charge < -0.3 is 0 Å². The fourth-order valence-corrected chi connectivity index (χ4v) is 27.4. The van der Waals surface area contributed by atoms with Crippen molar-refractivity contribution >= 4 is 209 Å². The van der Waals surface area contributed by atoms with E-state index in [1.165, 1.54) is 120 Å². The molecule has 30 rings (SSSR count). The van der Waals surface area contributed by atoms with E-state index in [4.69, 9.17) is 51.0 Å². The van der Waals surface area contributed by atoms with Gasteiger partial charge in [0.2, 0.25) is 0 Å². The monoisotopic (exact) mass is 2070 g/mol. The summed E-state index contributed by atoms with van der Waals surface area (Å²) in [5, 5.41) is 16.7. The van der Waals surface area contributed by atoms with Crippen LogP contribution in [0.2, 0.25) is 0 Å². The van der Waals surface area contributed by atoms with Crippen LogP contribution in [0.4, 0.5) is 0 Å². The molecule has 0 unspecified atom stereocenters. The molecule has 6 aromatic heterocycles. The van der Waals surface area contributed by atoms with E-state index in [2.05, 4.69) is 318 Å². The van der Waals surface area contributed by atoms with Gasteiger partial charge in [0.15, 0.2) is 0 Å². The number of fused-ring (bicyclic) bond motifs is 25. The molecule has 0 saturated carbocycles. The summed E-state index contributed by atoms with van der Waals surface area (Å²) < 4.78 is 244. The van der Waals surface area contributed by atoms with Crippen molar-refractivity contribution in [1.82, 2.24) is 39.9 Å². The molecule has 0 bridgehead atoms. The second-order valence-electron chi connectivity index (χ2n) is 34.8. The molecule has 0 radical (unpaired) electrons. The van der Waals surface area contributed by atoms with Crippen LogP contribution in [-0.4, -0.2) is 83.4 Å². The minimum absolute atomic E-state index is 0.109. The summed E-state index contributed by atoms with van der Waals surface area (Å²) in [5.74, 6) is -0.115. The van der Waals surface area contributed by atoms with Gasteiger partial charge in [-0.25, -0.2) is 0 Å². The van der Waals surface area contributed by atoms with E-state index in [-0.39, 0.29) is 48.3 Å². The fraction of sp³-hybridized carbons (Fsp3) is 0. The number of nitrogens with zero attached hydrogens (tertiary/aromatic N) is 8. The third-order valence-electron chi connectivity index (χ3n) is 26.5. The van der Waals surface area contributed by atoms with Gasteiger partial charge in [-0.15, -0.1) is 0 Å². The number of hydrogen-bond donors (Lipinski definition) is 0. The van der Waals surface area contributed by atoms with Crippen molar-refractivity contribution in [3.8, 4) is 124 Å². The molecule has 0 aliphatic rings. The van der Waals surface area contributed by atoms with Crippen molar-refractivity contribution in [2.75, 3.05) is 0 Å². The average Bonchev–Trinajstić information content (AvgIpc) is 1.24. The molecule has 0 aliphatic heterocycles. The molecule has 24 aromatic carbocycles. The first-order valence-corrected chi connectivity index (χ1v) is 51.8. The molecule has 0 amide bonds. The predicted octanol–water partition coefficient (Wildman–Crippen LogP) is 34.2. The van der Waals surface area contributed by atoms with Crippen molar-refractivity contribution in [1.29, 1.82) is 0 Å². The van der Waals surface area contributed by atoms with E-state index < -0.39 is 255 Å². The van der Waals surface area contributed by atoms with E-state index in [0.29, 0.717) is 17.5 Å². The van der Waals surface area contributed by atoms with Crippen molar-refractivity contribution in [3.05, 3.63) is 485 Å². The zero-order chi connectivity index (χ0) is 119. The topological polar surface area (TPSA) is 103 Å². The number of para-hydroxylation sites is 2. The van der Waals surface area contributed by atoms with Crippen molar-refractivity contribution < 1.29 is 37.0 Å². The van der Waals surface area contributed by atoms with Crippen LogP contribution in [-0.2, 0) is 0 Å². The first-order valence-electron chi connectivity index (χ1n) is 60.1. The van der Waals surface area contributed by atoms with Crippen LogP contribution in [0.5, 0.6) is 0 Å². The summed E-state index contributed by atoms with van der Waals surface area (Å²) in [6, 6.07) is 93.9. The van der Waals surface area contributed by atoms with Crippen LogP contribution in [0.1, 0.15) is 37.0 Å². The van der Waals surface area contributed by atoms with E-state index in [0.717, 1.165) is 55.6 Å². The molecule has 0 fully saturated rings. The van der Waals surface area contributed by atoms with Crippen LogP contribution < -0.4 is 0 Å². The second-order valence-corrected chi connectivity index (χ2v) is 41.3. The number of hydrogen-bond acceptors (Lipinski definition) is 8. The standard InChI is InChI=1S/2C45H27N3Se.C44H26N2Se/c1-3-11-30(12-4-1)43-46-44(31-13-5-2-6-14-31)48-45(47-43)33-22-25-38-39-17-9-16-35(42(39)49-41(38)27-33)32-19-18-29-21-23-36-34-15-8-7-10-28(34)20-24-37(36)40(29)26-32;1-2-10-28(11-3-1)29-20-22-31(23-21-29)43-46-44(48-45(47-43)40-18-9-16-38-37-14-6-7-19-41(37)49-42(38)40)39-17-8-15-33-35-25-24-30-12-4-5-13-32(30)34(35)26-27-36(33)39;1-2-10-27(11-3-1)33-14-8-15-36-37-16-9-17-38(44(37)47-43(33)36)42-41(45-39-18-6-7-19-40(39)46-42)30-22-23-32-29(26-30)21-25-34-31-13-5-4-12-28(31)20-24-35(32)34/h2*1-27H;1-26H/i1D,2D,3D,4D,5D,6D,7D,8D,9D,10D,11D,12D,13D,14D,15D,16D,17D,18D,19D,20D,21D,22D,23D,24D,25D,26D,27D;;. The van der Waals surface area contributed by atoms with Crippen LogP contribution in [0, 0.1) is 0 Å². The zero-order valence-corrected chi connectivity index (χ0v) is 81.0. The first kappa shape index (κ1) is 62.0. The van der Waals surface area contributed by atoms with E-state index in [9.17, 15) is 11.0 Å². The van der Waals surface area contributed by atoms with Crippen LogP contribution in [0.25, 0.3) is 290 Å². The Morgan fingerprint density at radius 3 is 1.29 bits per heavy atom. The van der Waals surface area contributed by atoms with Crippen LogP contribution in [0.15, 0.2) is 485 Å². The zero-order valence-electron chi connectivity index (χ0n) is 103. The maximum atomic E-state index is 9.76. The van der Waals surface area contributed by atoms with Gasteiger partial charge in [0, 0.05) is 0 Å². The molecule has 674 valence electrons. The van der Waals surface area contributed by atoms with Gasteiger partial charge in [0.05, 0.1) is 0 Å². The molecule has 8 nitrogen and oxygen atoms in total. The summed E-state index contributed by atoms with van der Waals surface area (Å²) in [7, 11) is 0. The van der Waals surface area contributed by atoms with Gasteiger partial charge in [-0.05, 0) is 0 Å².